The van der Waals surface area contributed by atoms with Gasteiger partial charge < -0.3 is 25.7 Å². The monoisotopic (exact) mass is 561 g/mol. The van der Waals surface area contributed by atoms with Gasteiger partial charge >= 0.3 is 6.03 Å². The molecule has 4 atom stereocenters. The number of carbonyl (C=O) groups excluding carboxylic acids is 1. The van der Waals surface area contributed by atoms with E-state index in [-0.39, 0.29) is 19.1 Å². The minimum atomic E-state index is -1.18. The summed E-state index contributed by atoms with van der Waals surface area (Å²) in [5, 5.41) is 31.7. The number of carbonyl (C=O) groups is 1. The molecule has 0 unspecified atom stereocenters. The van der Waals surface area contributed by atoms with Gasteiger partial charge in [-0.25, -0.2) is 4.79 Å². The summed E-state index contributed by atoms with van der Waals surface area (Å²) in [6.45, 7) is 0.521. The first kappa shape index (κ1) is 27.5. The van der Waals surface area contributed by atoms with E-state index in [1.807, 2.05) is 103 Å². The van der Waals surface area contributed by atoms with Crippen molar-refractivity contribution >= 4 is 22.6 Å². The normalized spacial score (nSPS) is 21.0. The van der Waals surface area contributed by atoms with Crippen LogP contribution in [0.3, 0.4) is 0 Å². The summed E-state index contributed by atoms with van der Waals surface area (Å²) in [6, 6.07) is 31.4. The molecule has 2 amide bonds. The van der Waals surface area contributed by atoms with Crippen molar-refractivity contribution in [3.63, 3.8) is 0 Å². The number of amides is 2. The number of H-pyrrole nitrogens is 1. The van der Waals surface area contributed by atoms with E-state index < -0.39 is 24.3 Å². The van der Waals surface area contributed by atoms with Gasteiger partial charge in [-0.15, -0.1) is 0 Å². The molecule has 0 radical (unpaired) electrons. The molecule has 0 bridgehead atoms. The number of urea groups is 1. The summed E-state index contributed by atoms with van der Waals surface area (Å²) in [5.41, 5.74) is 11.2. The van der Waals surface area contributed by atoms with Crippen LogP contribution in [-0.2, 0) is 25.9 Å². The van der Waals surface area contributed by atoms with Gasteiger partial charge in [0.25, 0.3) is 0 Å². The first-order valence-corrected chi connectivity index (χ1v) is 14.2. The molecular weight excluding hydrogens is 526 g/mol. The SMILES string of the molecule is Nc1ccc(CN2C(=O)N(Cc3ccc4[nH]ncc4c3)[C@H](Cc3ccccc3)[C@H](O)[C@@H](O)[C@H]2Cc2ccccc2)cc1. The van der Waals surface area contributed by atoms with Crippen LogP contribution < -0.4 is 5.73 Å². The Morgan fingerprint density at radius 2 is 1.21 bits per heavy atom. The molecule has 1 saturated heterocycles. The molecule has 1 aromatic heterocycles. The number of rotatable bonds is 8. The number of benzene rings is 4. The zero-order chi connectivity index (χ0) is 29.1. The number of anilines is 1. The number of nitrogen functional groups attached to an aromatic ring is 1. The maximum absolute atomic E-state index is 14.7. The maximum Gasteiger partial charge on any atom is 0.321 e. The van der Waals surface area contributed by atoms with Gasteiger partial charge in [0.1, 0.15) is 12.2 Å². The van der Waals surface area contributed by atoms with Gasteiger partial charge in [-0.2, -0.15) is 5.10 Å². The van der Waals surface area contributed by atoms with Gasteiger partial charge in [-0.05, 0) is 59.4 Å². The first-order valence-electron chi connectivity index (χ1n) is 14.2. The molecule has 8 nitrogen and oxygen atoms in total. The third-order valence-corrected chi connectivity index (χ3v) is 8.20. The second-order valence-electron chi connectivity index (χ2n) is 11.1. The second-order valence-corrected chi connectivity index (χ2v) is 11.1. The largest absolute Gasteiger partial charge is 0.399 e. The fourth-order valence-corrected chi connectivity index (χ4v) is 5.92. The predicted octanol–water partition coefficient (Wildman–Crippen LogP) is 4.53. The van der Waals surface area contributed by atoms with Gasteiger partial charge in [0.05, 0.1) is 23.8 Å². The summed E-state index contributed by atoms with van der Waals surface area (Å²) in [7, 11) is 0. The molecule has 42 heavy (non-hydrogen) atoms. The molecule has 4 aromatic carbocycles. The molecule has 1 fully saturated rings. The minimum Gasteiger partial charge on any atom is -0.399 e. The number of aromatic amines is 1. The number of nitrogens with two attached hydrogens (primary N) is 1. The molecule has 214 valence electrons. The fraction of sp³-hybridized carbons (Fsp3) is 0.235. The Morgan fingerprint density at radius 3 is 1.79 bits per heavy atom. The van der Waals surface area contributed by atoms with Crippen LogP contribution in [-0.4, -0.2) is 60.5 Å². The fourth-order valence-electron chi connectivity index (χ4n) is 5.92. The first-order chi connectivity index (χ1) is 20.5. The summed E-state index contributed by atoms with van der Waals surface area (Å²) in [5.74, 6) is 0. The van der Waals surface area contributed by atoms with Crippen molar-refractivity contribution in [3.05, 3.63) is 132 Å². The van der Waals surface area contributed by atoms with Gasteiger partial charge in [0.15, 0.2) is 0 Å². The lowest BCUT2D eigenvalue weighted by molar-refractivity contribution is -0.0408. The maximum atomic E-state index is 14.7. The average molecular weight is 562 g/mol. The number of hydrogen-bond donors (Lipinski definition) is 4. The third-order valence-electron chi connectivity index (χ3n) is 8.20. The van der Waals surface area contributed by atoms with Crippen LogP contribution in [0, 0.1) is 0 Å². The van der Waals surface area contributed by atoms with E-state index in [0.717, 1.165) is 33.2 Å². The molecule has 2 heterocycles. The Labute approximate surface area is 245 Å². The molecule has 8 heteroatoms. The van der Waals surface area contributed by atoms with Crippen molar-refractivity contribution < 1.29 is 15.0 Å². The highest BCUT2D eigenvalue weighted by molar-refractivity contribution is 5.79. The summed E-state index contributed by atoms with van der Waals surface area (Å²) >= 11 is 0. The summed E-state index contributed by atoms with van der Waals surface area (Å²) < 4.78 is 0. The summed E-state index contributed by atoms with van der Waals surface area (Å²) in [6.07, 6.45) is 0.181. The molecule has 0 spiro atoms. The van der Waals surface area contributed by atoms with E-state index in [1.165, 1.54) is 0 Å². The molecular formula is C34H35N5O3. The summed E-state index contributed by atoms with van der Waals surface area (Å²) in [4.78, 5) is 18.2. The lowest BCUT2D eigenvalue weighted by Gasteiger charge is -2.36. The van der Waals surface area contributed by atoms with Crippen LogP contribution >= 0.6 is 0 Å². The number of hydrogen-bond acceptors (Lipinski definition) is 5. The van der Waals surface area contributed by atoms with E-state index >= 15 is 0 Å². The Morgan fingerprint density at radius 1 is 0.690 bits per heavy atom. The van der Waals surface area contributed by atoms with Crippen molar-refractivity contribution in [1.29, 1.82) is 0 Å². The Kier molecular flexibility index (Phi) is 7.90. The zero-order valence-corrected chi connectivity index (χ0v) is 23.3. The topological polar surface area (TPSA) is 119 Å². The molecule has 5 N–H and O–H groups in total. The van der Waals surface area contributed by atoms with Crippen LogP contribution in [0.1, 0.15) is 22.3 Å². The van der Waals surface area contributed by atoms with Gasteiger partial charge in [-0.1, -0.05) is 78.9 Å². The Hall–Kier alpha value is -4.66. The van der Waals surface area contributed by atoms with E-state index in [1.54, 1.807) is 16.0 Å². The third kappa shape index (κ3) is 5.86. The van der Waals surface area contributed by atoms with Crippen LogP contribution in [0.4, 0.5) is 10.5 Å². The highest BCUT2D eigenvalue weighted by Gasteiger charge is 2.46. The Balaban J connectivity index is 1.43. The predicted molar refractivity (Wildman–Crippen MR) is 163 cm³/mol. The van der Waals surface area contributed by atoms with Crippen molar-refractivity contribution in [2.24, 2.45) is 0 Å². The van der Waals surface area contributed by atoms with Crippen molar-refractivity contribution in [1.82, 2.24) is 20.0 Å². The van der Waals surface area contributed by atoms with Crippen molar-refractivity contribution in [2.75, 3.05) is 5.73 Å². The molecule has 1 aliphatic rings. The highest BCUT2D eigenvalue weighted by Crippen LogP contribution is 2.30. The van der Waals surface area contributed by atoms with E-state index in [9.17, 15) is 15.0 Å². The van der Waals surface area contributed by atoms with Crippen molar-refractivity contribution in [3.8, 4) is 0 Å². The smallest absolute Gasteiger partial charge is 0.321 e. The van der Waals surface area contributed by atoms with E-state index in [4.69, 9.17) is 5.73 Å². The second kappa shape index (κ2) is 12.1. The van der Waals surface area contributed by atoms with Crippen molar-refractivity contribution in [2.45, 2.75) is 50.2 Å². The molecule has 1 aliphatic heterocycles. The molecule has 0 saturated carbocycles. The van der Waals surface area contributed by atoms with E-state index in [2.05, 4.69) is 10.2 Å². The Bertz CT molecular complexity index is 1620. The van der Waals surface area contributed by atoms with Crippen LogP contribution in [0.5, 0.6) is 0 Å². The van der Waals surface area contributed by atoms with Gasteiger partial charge in [0.2, 0.25) is 0 Å². The molecule has 0 aliphatic carbocycles. The lowest BCUT2D eigenvalue weighted by Crippen LogP contribution is -2.50. The minimum absolute atomic E-state index is 0.239. The highest BCUT2D eigenvalue weighted by atomic mass is 16.3. The average Bonchev–Trinajstić information content (AvgIpc) is 3.48. The van der Waals surface area contributed by atoms with Crippen LogP contribution in [0.2, 0.25) is 0 Å². The number of aromatic nitrogens is 2. The van der Waals surface area contributed by atoms with Gasteiger partial charge in [0, 0.05) is 24.2 Å². The number of fused-ring (bicyclic) bond motifs is 1. The molecule has 6 rings (SSSR count). The molecule has 5 aromatic rings. The zero-order valence-electron chi connectivity index (χ0n) is 23.3. The lowest BCUT2D eigenvalue weighted by atomic mass is 9.91. The standard InChI is InChI=1S/C34H35N5O3/c35-28-14-11-25(12-15-28)21-38-30(18-23-7-3-1-4-8-23)32(40)33(41)31(19-24-9-5-2-6-10-24)39(34(38)42)22-26-13-16-29-27(17-26)20-36-37-29/h1-17,20,30-33,40-41H,18-19,21-22,35H2,(H,36,37)/t30-,31-,32+,33+/m1/s1. The number of aliphatic hydroxyl groups excluding tert-OH is 2. The number of aliphatic hydroxyl groups is 2. The number of nitrogens with zero attached hydrogens (tertiary/aromatic N) is 3. The van der Waals surface area contributed by atoms with Crippen LogP contribution in [0.25, 0.3) is 10.9 Å². The van der Waals surface area contributed by atoms with Gasteiger partial charge in [-0.3, -0.25) is 5.10 Å². The number of nitrogens with one attached hydrogen (secondary N) is 1. The quantitative estimate of drug-likeness (QED) is 0.208. The van der Waals surface area contributed by atoms with E-state index in [0.29, 0.717) is 18.5 Å². The van der Waals surface area contributed by atoms with Crippen LogP contribution in [0.15, 0.2) is 109 Å².